The fourth-order valence-electron chi connectivity index (χ4n) is 3.50. The van der Waals surface area contributed by atoms with Crippen LogP contribution in [0.25, 0.3) is 0 Å². The summed E-state index contributed by atoms with van der Waals surface area (Å²) in [7, 11) is 4.36. The van der Waals surface area contributed by atoms with Crippen LogP contribution in [-0.4, -0.2) is 49.1 Å². The highest BCUT2D eigenvalue weighted by Crippen LogP contribution is 2.32. The topological polar surface area (TPSA) is 32.5 Å². The lowest BCUT2D eigenvalue weighted by molar-refractivity contribution is 0.190. The molecule has 0 bridgehead atoms. The average molecular weight is 354 g/mol. The molecule has 1 heterocycles. The van der Waals surface area contributed by atoms with E-state index in [0.717, 1.165) is 24.0 Å². The van der Waals surface area contributed by atoms with E-state index in [0.29, 0.717) is 18.0 Å². The highest BCUT2D eigenvalue weighted by molar-refractivity contribution is 9.10. The summed E-state index contributed by atoms with van der Waals surface area (Å²) in [6.45, 7) is 6.75. The number of benzene rings is 1. The second-order valence-electron chi connectivity index (χ2n) is 6.53. The molecule has 3 nitrogen and oxygen atoms in total. The summed E-state index contributed by atoms with van der Waals surface area (Å²) in [5.74, 6) is 0.682. The van der Waals surface area contributed by atoms with Crippen LogP contribution in [-0.2, 0) is 0 Å². The third-order valence-electron chi connectivity index (χ3n) is 4.75. The summed E-state index contributed by atoms with van der Waals surface area (Å²) in [4.78, 5) is 4.92. The quantitative estimate of drug-likeness (QED) is 0.882. The van der Waals surface area contributed by atoms with Crippen LogP contribution in [0.15, 0.2) is 28.7 Å². The number of likely N-dealkylation sites (tertiary alicyclic amines) is 1. The molecule has 0 aromatic heterocycles. The number of hydrogen-bond donors (Lipinski definition) is 1. The summed E-state index contributed by atoms with van der Waals surface area (Å²) in [6, 6.07) is 9.76. The maximum absolute atomic E-state index is 6.47. The fourth-order valence-corrected chi connectivity index (χ4v) is 3.76. The molecule has 1 aromatic carbocycles. The van der Waals surface area contributed by atoms with Crippen LogP contribution in [0.3, 0.4) is 0 Å². The maximum atomic E-state index is 6.47. The Morgan fingerprint density at radius 2 is 1.90 bits per heavy atom. The molecule has 4 unspecified atom stereocenters. The van der Waals surface area contributed by atoms with Crippen LogP contribution in [0.2, 0.25) is 0 Å². The lowest BCUT2D eigenvalue weighted by Gasteiger charge is -2.33. The molecule has 1 saturated heterocycles. The van der Waals surface area contributed by atoms with Crippen molar-refractivity contribution in [1.82, 2.24) is 9.80 Å². The number of nitrogens with two attached hydrogens (primary N) is 1. The van der Waals surface area contributed by atoms with Crippen molar-refractivity contribution in [1.29, 1.82) is 0 Å². The van der Waals surface area contributed by atoms with Gasteiger partial charge in [0.1, 0.15) is 0 Å². The first-order valence-corrected chi connectivity index (χ1v) is 8.64. The monoisotopic (exact) mass is 353 g/mol. The van der Waals surface area contributed by atoms with Crippen LogP contribution in [0.1, 0.15) is 31.9 Å². The molecule has 1 aliphatic rings. The Labute approximate surface area is 137 Å². The van der Waals surface area contributed by atoms with Gasteiger partial charge in [-0.2, -0.15) is 0 Å². The minimum Gasteiger partial charge on any atom is -0.326 e. The Kier molecular flexibility index (Phi) is 5.83. The smallest absolute Gasteiger partial charge is 0.0499 e. The van der Waals surface area contributed by atoms with Crippen molar-refractivity contribution in [3.63, 3.8) is 0 Å². The van der Waals surface area contributed by atoms with Gasteiger partial charge in [0.25, 0.3) is 0 Å². The Hall–Kier alpha value is -0.420. The Morgan fingerprint density at radius 3 is 2.38 bits per heavy atom. The molecular formula is C17H28BrN3. The summed E-state index contributed by atoms with van der Waals surface area (Å²) < 4.78 is 1.12. The summed E-state index contributed by atoms with van der Waals surface area (Å²) in [6.07, 6.45) is 0.998. The first-order valence-electron chi connectivity index (χ1n) is 7.85. The van der Waals surface area contributed by atoms with Gasteiger partial charge in [0, 0.05) is 35.7 Å². The van der Waals surface area contributed by atoms with Crippen LogP contribution in [0.5, 0.6) is 0 Å². The SMILES string of the molecule is CCC(N)C(c1ccc(Br)cc1)N1CC(C)C(N(C)C)C1. The molecule has 0 radical (unpaired) electrons. The van der Waals surface area contributed by atoms with Gasteiger partial charge >= 0.3 is 0 Å². The molecule has 0 aliphatic carbocycles. The molecule has 21 heavy (non-hydrogen) atoms. The van der Waals surface area contributed by atoms with Crippen molar-refractivity contribution in [3.05, 3.63) is 34.3 Å². The predicted octanol–water partition coefficient (Wildman–Crippen LogP) is 3.11. The van der Waals surface area contributed by atoms with Crippen LogP contribution in [0, 0.1) is 5.92 Å². The summed E-state index contributed by atoms with van der Waals surface area (Å²) in [5, 5.41) is 0. The lowest BCUT2D eigenvalue weighted by Crippen LogP contribution is -2.41. The van der Waals surface area contributed by atoms with Crippen LogP contribution < -0.4 is 5.73 Å². The van der Waals surface area contributed by atoms with E-state index >= 15 is 0 Å². The zero-order chi connectivity index (χ0) is 15.6. The molecule has 2 rings (SSSR count). The second-order valence-corrected chi connectivity index (χ2v) is 7.45. The highest BCUT2D eigenvalue weighted by Gasteiger charge is 2.37. The van der Waals surface area contributed by atoms with E-state index in [1.807, 2.05) is 0 Å². The van der Waals surface area contributed by atoms with Gasteiger partial charge in [-0.25, -0.2) is 0 Å². The molecule has 0 saturated carbocycles. The molecule has 1 fully saturated rings. The standard InChI is InChI=1S/C17H28BrN3/c1-5-15(19)17(13-6-8-14(18)9-7-13)21-10-12(2)16(11-21)20(3)4/h6-9,12,15-17H,5,10-11,19H2,1-4H3. The fraction of sp³-hybridized carbons (Fsp3) is 0.647. The average Bonchev–Trinajstić information content (AvgIpc) is 2.83. The van der Waals surface area contributed by atoms with E-state index in [9.17, 15) is 0 Å². The molecular weight excluding hydrogens is 326 g/mol. The maximum Gasteiger partial charge on any atom is 0.0499 e. The van der Waals surface area contributed by atoms with Crippen LogP contribution >= 0.6 is 15.9 Å². The highest BCUT2D eigenvalue weighted by atomic mass is 79.9. The molecule has 1 aliphatic heterocycles. The zero-order valence-corrected chi connectivity index (χ0v) is 15.2. The first kappa shape index (κ1) is 16.9. The third kappa shape index (κ3) is 3.86. The minimum absolute atomic E-state index is 0.180. The number of nitrogens with zero attached hydrogens (tertiary/aromatic N) is 2. The van der Waals surface area contributed by atoms with Gasteiger partial charge in [-0.05, 0) is 44.1 Å². The van der Waals surface area contributed by atoms with Crippen molar-refractivity contribution in [2.75, 3.05) is 27.2 Å². The van der Waals surface area contributed by atoms with Gasteiger partial charge in [-0.1, -0.05) is 41.9 Å². The minimum atomic E-state index is 0.180. The number of halogens is 1. The van der Waals surface area contributed by atoms with E-state index in [4.69, 9.17) is 5.73 Å². The van der Waals surface area contributed by atoms with Gasteiger partial charge in [0.15, 0.2) is 0 Å². The van der Waals surface area contributed by atoms with Crippen LogP contribution in [0.4, 0.5) is 0 Å². The Bertz CT molecular complexity index is 446. The largest absolute Gasteiger partial charge is 0.326 e. The normalized spacial score (nSPS) is 26.2. The van der Waals surface area contributed by atoms with Crippen molar-refractivity contribution in [2.24, 2.45) is 11.7 Å². The van der Waals surface area contributed by atoms with Gasteiger partial charge in [0.2, 0.25) is 0 Å². The summed E-state index contributed by atoms with van der Waals surface area (Å²) >= 11 is 3.52. The van der Waals surface area contributed by atoms with E-state index in [-0.39, 0.29) is 6.04 Å². The number of rotatable bonds is 5. The van der Waals surface area contributed by atoms with E-state index in [2.05, 4.69) is 77.9 Å². The number of hydrogen-bond acceptors (Lipinski definition) is 3. The molecule has 0 spiro atoms. The van der Waals surface area contributed by atoms with E-state index < -0.39 is 0 Å². The lowest BCUT2D eigenvalue weighted by atomic mass is 9.96. The molecule has 2 N–H and O–H groups in total. The zero-order valence-electron chi connectivity index (χ0n) is 13.6. The number of likely N-dealkylation sites (N-methyl/N-ethyl adjacent to an activating group) is 1. The van der Waals surface area contributed by atoms with Crippen molar-refractivity contribution in [2.45, 2.75) is 38.4 Å². The van der Waals surface area contributed by atoms with Gasteiger partial charge < -0.3 is 10.6 Å². The third-order valence-corrected chi connectivity index (χ3v) is 5.27. The van der Waals surface area contributed by atoms with Gasteiger partial charge in [0.05, 0.1) is 0 Å². The molecule has 0 amide bonds. The van der Waals surface area contributed by atoms with E-state index in [1.54, 1.807) is 0 Å². The van der Waals surface area contributed by atoms with Crippen molar-refractivity contribution >= 4 is 15.9 Å². The van der Waals surface area contributed by atoms with Crippen molar-refractivity contribution < 1.29 is 0 Å². The van der Waals surface area contributed by atoms with Gasteiger partial charge in [-0.3, -0.25) is 4.90 Å². The molecule has 1 aromatic rings. The molecule has 118 valence electrons. The first-order chi connectivity index (χ1) is 9.93. The Balaban J connectivity index is 2.23. The predicted molar refractivity (Wildman–Crippen MR) is 93.4 cm³/mol. The van der Waals surface area contributed by atoms with E-state index in [1.165, 1.54) is 5.56 Å². The Morgan fingerprint density at radius 1 is 1.29 bits per heavy atom. The second kappa shape index (κ2) is 7.23. The van der Waals surface area contributed by atoms with Crippen molar-refractivity contribution in [3.8, 4) is 0 Å². The molecule has 4 heteroatoms. The summed E-state index contributed by atoms with van der Waals surface area (Å²) in [5.41, 5.74) is 7.80. The molecule has 4 atom stereocenters. The van der Waals surface area contributed by atoms with Gasteiger partial charge in [-0.15, -0.1) is 0 Å².